The summed E-state index contributed by atoms with van der Waals surface area (Å²) >= 11 is 1.61. The molecule has 2 aliphatic heterocycles. The number of carbonyl (C=O) groups excluding carboxylic acids is 3. The standard InChI is InChI=1S/C15H18N2O3S/c1-15(2,3)12-11-8(7-21-12)6-17(14(11)20)9-4-5-10(18)16-13(9)19/h7,9H,4-6H2,1-3H3,(H,16,18,19). The molecule has 112 valence electrons. The Morgan fingerprint density at radius 1 is 1.29 bits per heavy atom. The van der Waals surface area contributed by atoms with Gasteiger partial charge in [-0.15, -0.1) is 11.3 Å². The second-order valence-electron chi connectivity index (χ2n) is 6.62. The summed E-state index contributed by atoms with van der Waals surface area (Å²) < 4.78 is 0. The molecule has 0 saturated carbocycles. The highest BCUT2D eigenvalue weighted by Gasteiger charge is 2.42. The lowest BCUT2D eigenvalue weighted by molar-refractivity contribution is -0.136. The molecule has 21 heavy (non-hydrogen) atoms. The van der Waals surface area contributed by atoms with E-state index in [1.54, 1.807) is 16.2 Å². The Morgan fingerprint density at radius 3 is 2.62 bits per heavy atom. The Kier molecular flexibility index (Phi) is 3.16. The van der Waals surface area contributed by atoms with Crippen molar-refractivity contribution in [2.24, 2.45) is 0 Å². The second-order valence-corrected chi connectivity index (χ2v) is 7.49. The molecule has 6 heteroatoms. The van der Waals surface area contributed by atoms with E-state index in [0.717, 1.165) is 16.0 Å². The Hall–Kier alpha value is -1.69. The van der Waals surface area contributed by atoms with Gasteiger partial charge in [0.1, 0.15) is 6.04 Å². The largest absolute Gasteiger partial charge is 0.322 e. The van der Waals surface area contributed by atoms with Gasteiger partial charge >= 0.3 is 0 Å². The Bertz CT molecular complexity index is 642. The summed E-state index contributed by atoms with van der Waals surface area (Å²) in [5.41, 5.74) is 1.67. The van der Waals surface area contributed by atoms with Gasteiger partial charge < -0.3 is 4.90 Å². The van der Waals surface area contributed by atoms with Gasteiger partial charge in [0, 0.05) is 17.8 Å². The molecule has 1 fully saturated rings. The van der Waals surface area contributed by atoms with Crippen LogP contribution in [0.3, 0.4) is 0 Å². The van der Waals surface area contributed by atoms with E-state index in [0.29, 0.717) is 19.4 Å². The molecule has 0 aliphatic carbocycles. The monoisotopic (exact) mass is 306 g/mol. The van der Waals surface area contributed by atoms with Crippen LogP contribution in [0.15, 0.2) is 5.38 Å². The minimum Gasteiger partial charge on any atom is -0.322 e. The average Bonchev–Trinajstić information content (AvgIpc) is 2.90. The number of nitrogens with zero attached hydrogens (tertiary/aromatic N) is 1. The van der Waals surface area contributed by atoms with Crippen molar-refractivity contribution in [2.45, 2.75) is 51.6 Å². The minimum absolute atomic E-state index is 0.0781. The molecule has 1 aromatic heterocycles. The molecular formula is C15H18N2O3S. The van der Waals surface area contributed by atoms with Crippen LogP contribution in [0.2, 0.25) is 0 Å². The number of amides is 3. The molecule has 0 spiro atoms. The highest BCUT2D eigenvalue weighted by molar-refractivity contribution is 7.10. The molecule has 1 atom stereocenters. The van der Waals surface area contributed by atoms with Crippen molar-refractivity contribution in [3.63, 3.8) is 0 Å². The van der Waals surface area contributed by atoms with Gasteiger partial charge in [-0.3, -0.25) is 19.7 Å². The van der Waals surface area contributed by atoms with Crippen LogP contribution in [0.25, 0.3) is 0 Å². The lowest BCUT2D eigenvalue weighted by Gasteiger charge is -2.29. The summed E-state index contributed by atoms with van der Waals surface area (Å²) in [6.07, 6.45) is 0.703. The SMILES string of the molecule is CC(C)(C)c1scc2c1C(=O)N(C1CCC(=O)NC1=O)C2. The zero-order chi connectivity index (χ0) is 15.4. The van der Waals surface area contributed by atoms with E-state index in [1.165, 1.54) is 0 Å². The highest BCUT2D eigenvalue weighted by atomic mass is 32.1. The number of rotatable bonds is 1. The van der Waals surface area contributed by atoms with Gasteiger partial charge in [-0.2, -0.15) is 0 Å². The first-order valence-corrected chi connectivity index (χ1v) is 7.92. The normalized spacial score (nSPS) is 22.5. The number of hydrogen-bond donors (Lipinski definition) is 1. The molecule has 0 radical (unpaired) electrons. The fourth-order valence-corrected chi connectivity index (χ4v) is 4.07. The number of fused-ring (bicyclic) bond motifs is 1. The third-order valence-corrected chi connectivity index (χ3v) is 5.40. The lowest BCUT2D eigenvalue weighted by Crippen LogP contribution is -2.52. The number of carbonyl (C=O) groups is 3. The van der Waals surface area contributed by atoms with E-state index in [4.69, 9.17) is 0 Å². The molecule has 3 rings (SSSR count). The second kappa shape index (κ2) is 4.66. The first-order chi connectivity index (χ1) is 9.79. The number of nitrogens with one attached hydrogen (secondary N) is 1. The molecule has 5 nitrogen and oxygen atoms in total. The molecule has 0 bridgehead atoms. The summed E-state index contributed by atoms with van der Waals surface area (Å²) in [7, 11) is 0. The van der Waals surface area contributed by atoms with Crippen molar-refractivity contribution in [3.8, 4) is 0 Å². The van der Waals surface area contributed by atoms with Gasteiger partial charge in [0.15, 0.2) is 0 Å². The third kappa shape index (κ3) is 2.27. The molecule has 2 aliphatic rings. The van der Waals surface area contributed by atoms with E-state index >= 15 is 0 Å². The average molecular weight is 306 g/mol. The maximum absolute atomic E-state index is 12.7. The molecule has 1 aromatic rings. The van der Waals surface area contributed by atoms with Crippen LogP contribution >= 0.6 is 11.3 Å². The fourth-order valence-electron chi connectivity index (χ4n) is 2.93. The molecule has 3 heterocycles. The van der Waals surface area contributed by atoms with Crippen LogP contribution in [-0.4, -0.2) is 28.7 Å². The molecule has 0 aromatic carbocycles. The Morgan fingerprint density at radius 2 is 2.00 bits per heavy atom. The maximum Gasteiger partial charge on any atom is 0.256 e. The van der Waals surface area contributed by atoms with Crippen molar-refractivity contribution in [1.82, 2.24) is 10.2 Å². The van der Waals surface area contributed by atoms with Crippen molar-refractivity contribution in [3.05, 3.63) is 21.4 Å². The third-order valence-electron chi connectivity index (χ3n) is 3.95. The van der Waals surface area contributed by atoms with Crippen LogP contribution in [-0.2, 0) is 21.5 Å². The minimum atomic E-state index is -0.527. The quantitative estimate of drug-likeness (QED) is 0.805. The zero-order valence-electron chi connectivity index (χ0n) is 12.4. The molecular weight excluding hydrogens is 288 g/mol. The van der Waals surface area contributed by atoms with Crippen molar-refractivity contribution < 1.29 is 14.4 Å². The van der Waals surface area contributed by atoms with E-state index < -0.39 is 6.04 Å². The summed E-state index contributed by atoms with van der Waals surface area (Å²) in [5.74, 6) is -0.691. The number of piperidine rings is 1. The molecule has 1 unspecified atom stereocenters. The fraction of sp³-hybridized carbons (Fsp3) is 0.533. The van der Waals surface area contributed by atoms with E-state index in [2.05, 4.69) is 26.1 Å². The van der Waals surface area contributed by atoms with Crippen molar-refractivity contribution in [1.29, 1.82) is 0 Å². The summed E-state index contributed by atoms with van der Waals surface area (Å²) in [6, 6.07) is -0.527. The summed E-state index contributed by atoms with van der Waals surface area (Å²) in [5, 5.41) is 4.34. The van der Waals surface area contributed by atoms with Crippen LogP contribution in [0.1, 0.15) is 54.4 Å². The van der Waals surface area contributed by atoms with Crippen LogP contribution in [0, 0.1) is 0 Å². The molecule has 1 saturated heterocycles. The van der Waals surface area contributed by atoms with Gasteiger partial charge in [-0.1, -0.05) is 20.8 Å². The van der Waals surface area contributed by atoms with Gasteiger partial charge in [-0.05, 0) is 22.8 Å². The first kappa shape index (κ1) is 14.3. The van der Waals surface area contributed by atoms with Crippen LogP contribution < -0.4 is 5.32 Å². The Balaban J connectivity index is 1.90. The number of thiophene rings is 1. The van der Waals surface area contributed by atoms with Gasteiger partial charge in [0.2, 0.25) is 11.8 Å². The Labute approximate surface area is 127 Å². The lowest BCUT2D eigenvalue weighted by atomic mass is 9.91. The first-order valence-electron chi connectivity index (χ1n) is 7.04. The van der Waals surface area contributed by atoms with Gasteiger partial charge in [-0.25, -0.2) is 0 Å². The summed E-state index contributed by atoms with van der Waals surface area (Å²) in [6.45, 7) is 6.72. The van der Waals surface area contributed by atoms with Gasteiger partial charge in [0.25, 0.3) is 5.91 Å². The summed E-state index contributed by atoms with van der Waals surface area (Å²) in [4.78, 5) is 38.6. The van der Waals surface area contributed by atoms with Crippen LogP contribution in [0.5, 0.6) is 0 Å². The van der Waals surface area contributed by atoms with Crippen molar-refractivity contribution >= 4 is 29.1 Å². The topological polar surface area (TPSA) is 66.5 Å². The molecule has 1 N–H and O–H groups in total. The van der Waals surface area contributed by atoms with Crippen molar-refractivity contribution in [2.75, 3.05) is 0 Å². The van der Waals surface area contributed by atoms with E-state index in [1.807, 2.05) is 5.38 Å². The smallest absolute Gasteiger partial charge is 0.256 e. The zero-order valence-corrected chi connectivity index (χ0v) is 13.2. The van der Waals surface area contributed by atoms with Gasteiger partial charge in [0.05, 0.1) is 5.56 Å². The van der Waals surface area contributed by atoms with E-state index in [-0.39, 0.29) is 23.1 Å². The predicted molar refractivity (Wildman–Crippen MR) is 79.1 cm³/mol. The molecule has 3 amide bonds. The highest BCUT2D eigenvalue weighted by Crippen LogP contribution is 2.39. The van der Waals surface area contributed by atoms with E-state index in [9.17, 15) is 14.4 Å². The predicted octanol–water partition coefficient (Wildman–Crippen LogP) is 1.81. The number of hydrogen-bond acceptors (Lipinski definition) is 4. The maximum atomic E-state index is 12.7. The number of imide groups is 1. The van der Waals surface area contributed by atoms with Crippen LogP contribution in [0.4, 0.5) is 0 Å².